The van der Waals surface area contributed by atoms with Crippen molar-refractivity contribution in [2.75, 3.05) is 38.5 Å². The molecule has 0 bridgehead atoms. The Kier molecular flexibility index (Phi) is 7.68. The van der Waals surface area contributed by atoms with Gasteiger partial charge in [0.05, 0.1) is 11.7 Å². The molecule has 0 radical (unpaired) electrons. The number of hydrogen-bond donors (Lipinski definition) is 1. The molecule has 2 heterocycles. The van der Waals surface area contributed by atoms with E-state index in [4.69, 9.17) is 0 Å². The molecule has 2 amide bonds. The van der Waals surface area contributed by atoms with E-state index in [0.29, 0.717) is 38.8 Å². The van der Waals surface area contributed by atoms with Crippen LogP contribution < -0.4 is 5.32 Å². The smallest absolute Gasteiger partial charge is 0.224 e. The lowest BCUT2D eigenvalue weighted by molar-refractivity contribution is -0.132. The third-order valence-electron chi connectivity index (χ3n) is 4.96. The number of sulfonamides is 1. The van der Waals surface area contributed by atoms with Gasteiger partial charge in [0.1, 0.15) is 0 Å². The Morgan fingerprint density at radius 1 is 1.08 bits per heavy atom. The molecule has 144 valence electrons. The minimum Gasteiger partial charge on any atom is -0.355 e. The Balaban J connectivity index is 1.75. The highest BCUT2D eigenvalue weighted by Gasteiger charge is 2.31. The van der Waals surface area contributed by atoms with Crippen LogP contribution in [0.3, 0.4) is 0 Å². The third-order valence-corrected chi connectivity index (χ3v) is 7.00. The largest absolute Gasteiger partial charge is 0.355 e. The van der Waals surface area contributed by atoms with E-state index in [1.807, 2.05) is 11.8 Å². The van der Waals surface area contributed by atoms with Crippen molar-refractivity contribution in [1.82, 2.24) is 14.5 Å². The monoisotopic (exact) mass is 373 g/mol. The van der Waals surface area contributed by atoms with Crippen LogP contribution >= 0.6 is 0 Å². The Hall–Kier alpha value is -1.15. The summed E-state index contributed by atoms with van der Waals surface area (Å²) in [6.07, 6.45) is 5.59. The fraction of sp³-hybridized carbons (Fsp3) is 0.882. The predicted octanol–water partition coefficient (Wildman–Crippen LogP) is 0.957. The molecule has 25 heavy (non-hydrogen) atoms. The van der Waals surface area contributed by atoms with Gasteiger partial charge in [0.25, 0.3) is 0 Å². The number of carbonyl (C=O) groups is 2. The van der Waals surface area contributed by atoms with Crippen molar-refractivity contribution < 1.29 is 18.0 Å². The second-order valence-electron chi connectivity index (χ2n) is 7.00. The Morgan fingerprint density at radius 3 is 2.48 bits per heavy atom. The summed E-state index contributed by atoms with van der Waals surface area (Å²) in [5.41, 5.74) is 0. The molecule has 0 aromatic carbocycles. The molecular weight excluding hydrogens is 342 g/mol. The summed E-state index contributed by atoms with van der Waals surface area (Å²) in [6, 6.07) is 0. The summed E-state index contributed by atoms with van der Waals surface area (Å²) in [7, 11) is -3.26. The van der Waals surface area contributed by atoms with Crippen molar-refractivity contribution in [2.45, 2.75) is 51.9 Å². The third kappa shape index (κ3) is 5.95. The molecule has 2 fully saturated rings. The Morgan fingerprint density at radius 2 is 1.80 bits per heavy atom. The van der Waals surface area contributed by atoms with E-state index >= 15 is 0 Å². The Labute approximate surface area is 151 Å². The molecule has 7 nitrogen and oxygen atoms in total. The van der Waals surface area contributed by atoms with Crippen molar-refractivity contribution in [2.24, 2.45) is 5.92 Å². The first-order valence-electron chi connectivity index (χ1n) is 9.47. The maximum atomic E-state index is 12.3. The molecule has 1 N–H and O–H groups in total. The topological polar surface area (TPSA) is 86.8 Å². The van der Waals surface area contributed by atoms with Gasteiger partial charge in [-0.15, -0.1) is 0 Å². The van der Waals surface area contributed by atoms with Crippen molar-refractivity contribution >= 4 is 21.8 Å². The lowest BCUT2D eigenvalue weighted by atomic mass is 9.99. The number of piperidine rings is 2. The van der Waals surface area contributed by atoms with Crippen LogP contribution in [0.25, 0.3) is 0 Å². The first kappa shape index (κ1) is 20.2. The summed E-state index contributed by atoms with van der Waals surface area (Å²) in [5, 5.41) is 2.82. The molecule has 0 aromatic rings. The second kappa shape index (κ2) is 9.52. The van der Waals surface area contributed by atoms with Gasteiger partial charge in [0, 0.05) is 39.1 Å². The highest BCUT2D eigenvalue weighted by molar-refractivity contribution is 7.89. The quantitative estimate of drug-likeness (QED) is 0.720. The molecule has 8 heteroatoms. The number of hydrogen-bond acceptors (Lipinski definition) is 4. The molecule has 0 spiro atoms. The molecule has 2 saturated heterocycles. The van der Waals surface area contributed by atoms with Crippen LogP contribution in [0, 0.1) is 5.92 Å². The van der Waals surface area contributed by atoms with Gasteiger partial charge in [-0.1, -0.05) is 6.92 Å². The fourth-order valence-corrected chi connectivity index (χ4v) is 5.12. The van der Waals surface area contributed by atoms with Gasteiger partial charge in [-0.05, 0) is 38.5 Å². The standard InChI is InChI=1S/C17H31N3O4S/c1-2-13-25(23,24)20-12-6-7-15(14-20)17(22)18-9-8-16(21)19-10-4-3-5-11-19/h15H,2-14H2,1H3,(H,18,22). The van der Waals surface area contributed by atoms with Gasteiger partial charge in [-0.2, -0.15) is 0 Å². The van der Waals surface area contributed by atoms with Crippen LogP contribution in [0.2, 0.25) is 0 Å². The zero-order valence-electron chi connectivity index (χ0n) is 15.2. The van der Waals surface area contributed by atoms with E-state index in [1.165, 1.54) is 10.7 Å². The van der Waals surface area contributed by atoms with Crippen molar-refractivity contribution in [3.63, 3.8) is 0 Å². The normalized spacial score (nSPS) is 22.6. The number of likely N-dealkylation sites (tertiary alicyclic amines) is 1. The van der Waals surface area contributed by atoms with E-state index in [-0.39, 0.29) is 30.0 Å². The number of nitrogens with one attached hydrogen (secondary N) is 1. The van der Waals surface area contributed by atoms with Gasteiger partial charge >= 0.3 is 0 Å². The highest BCUT2D eigenvalue weighted by Crippen LogP contribution is 2.20. The number of nitrogens with zero attached hydrogens (tertiary/aromatic N) is 2. The average molecular weight is 374 g/mol. The lowest BCUT2D eigenvalue weighted by Gasteiger charge is -2.31. The van der Waals surface area contributed by atoms with E-state index in [0.717, 1.165) is 25.9 Å². The van der Waals surface area contributed by atoms with Gasteiger partial charge in [0.15, 0.2) is 0 Å². The van der Waals surface area contributed by atoms with Crippen molar-refractivity contribution in [3.8, 4) is 0 Å². The van der Waals surface area contributed by atoms with Gasteiger partial charge in [-0.3, -0.25) is 9.59 Å². The number of carbonyl (C=O) groups excluding carboxylic acids is 2. The van der Waals surface area contributed by atoms with Crippen LogP contribution in [-0.2, 0) is 19.6 Å². The molecular formula is C17H31N3O4S. The molecule has 2 aliphatic heterocycles. The van der Waals surface area contributed by atoms with Crippen molar-refractivity contribution in [3.05, 3.63) is 0 Å². The first-order valence-corrected chi connectivity index (χ1v) is 11.1. The summed E-state index contributed by atoms with van der Waals surface area (Å²) >= 11 is 0. The maximum absolute atomic E-state index is 12.3. The molecule has 0 saturated carbocycles. The molecule has 0 aliphatic carbocycles. The minimum atomic E-state index is -3.26. The fourth-order valence-electron chi connectivity index (χ4n) is 3.53. The summed E-state index contributed by atoms with van der Waals surface area (Å²) in [6.45, 7) is 4.56. The van der Waals surface area contributed by atoms with Crippen LogP contribution in [-0.4, -0.2) is 67.9 Å². The van der Waals surface area contributed by atoms with Gasteiger partial charge in [-0.25, -0.2) is 12.7 Å². The van der Waals surface area contributed by atoms with Gasteiger partial charge < -0.3 is 10.2 Å². The molecule has 2 aliphatic rings. The zero-order chi connectivity index (χ0) is 18.3. The van der Waals surface area contributed by atoms with Crippen LogP contribution in [0.4, 0.5) is 0 Å². The minimum absolute atomic E-state index is 0.0933. The zero-order valence-corrected chi connectivity index (χ0v) is 16.0. The van der Waals surface area contributed by atoms with Crippen molar-refractivity contribution in [1.29, 1.82) is 0 Å². The molecule has 1 atom stereocenters. The number of amides is 2. The van der Waals surface area contributed by atoms with E-state index in [2.05, 4.69) is 5.32 Å². The SMILES string of the molecule is CCCS(=O)(=O)N1CCCC(C(=O)NCCC(=O)N2CCCCC2)C1. The Bertz CT molecular complexity index is 558. The summed E-state index contributed by atoms with van der Waals surface area (Å²) < 4.78 is 25.8. The van der Waals surface area contributed by atoms with Crippen LogP contribution in [0.1, 0.15) is 51.9 Å². The molecule has 1 unspecified atom stereocenters. The predicted molar refractivity (Wildman–Crippen MR) is 96.4 cm³/mol. The number of rotatable bonds is 7. The first-order chi connectivity index (χ1) is 11.9. The summed E-state index contributed by atoms with van der Waals surface area (Å²) in [5.74, 6) is -0.227. The van der Waals surface area contributed by atoms with E-state index < -0.39 is 10.0 Å². The van der Waals surface area contributed by atoms with Gasteiger partial charge in [0.2, 0.25) is 21.8 Å². The van der Waals surface area contributed by atoms with Crippen LogP contribution in [0.5, 0.6) is 0 Å². The summed E-state index contributed by atoms with van der Waals surface area (Å²) in [4.78, 5) is 26.3. The van der Waals surface area contributed by atoms with E-state index in [9.17, 15) is 18.0 Å². The second-order valence-corrected chi connectivity index (χ2v) is 9.08. The molecule has 2 rings (SSSR count). The molecule has 0 aromatic heterocycles. The van der Waals surface area contributed by atoms with E-state index in [1.54, 1.807) is 0 Å². The lowest BCUT2D eigenvalue weighted by Crippen LogP contribution is -2.46. The average Bonchev–Trinajstić information content (AvgIpc) is 2.62. The van der Waals surface area contributed by atoms with Crippen LogP contribution in [0.15, 0.2) is 0 Å². The maximum Gasteiger partial charge on any atom is 0.224 e. The highest BCUT2D eigenvalue weighted by atomic mass is 32.2.